The van der Waals surface area contributed by atoms with E-state index in [0.29, 0.717) is 6.54 Å². The Hall–Kier alpha value is -2.03. The molecule has 22 heavy (non-hydrogen) atoms. The number of rotatable bonds is 5. The van der Waals surface area contributed by atoms with Crippen LogP contribution in [0.4, 0.5) is 23.7 Å². The molecule has 120 valence electrons. The maximum atomic E-state index is 12.2. The van der Waals surface area contributed by atoms with Gasteiger partial charge in [-0.25, -0.2) is 4.79 Å². The van der Waals surface area contributed by atoms with E-state index in [-0.39, 0.29) is 11.7 Å². The van der Waals surface area contributed by atoms with Crippen LogP contribution in [-0.2, 0) is 13.0 Å². The topological polar surface area (TPSA) is 50.2 Å². The first-order chi connectivity index (χ1) is 10.3. The number of hydrogen-bond acceptors (Lipinski definition) is 3. The average Bonchev–Trinajstić information content (AvgIpc) is 3.06. The number of amides is 2. The van der Waals surface area contributed by atoms with Crippen molar-refractivity contribution < 1.29 is 18.0 Å². The Morgan fingerprint density at radius 3 is 2.91 bits per heavy atom. The number of aromatic nitrogens is 2. The lowest BCUT2D eigenvalue weighted by atomic mass is 10.3. The van der Waals surface area contributed by atoms with Gasteiger partial charge in [-0.2, -0.15) is 18.3 Å². The molecule has 0 aromatic carbocycles. The highest BCUT2D eigenvalue weighted by atomic mass is 32.1. The summed E-state index contributed by atoms with van der Waals surface area (Å²) in [6.07, 6.45) is -1.27. The van der Waals surface area contributed by atoms with Crippen LogP contribution in [0, 0.1) is 0 Å². The zero-order chi connectivity index (χ0) is 16.2. The number of carbonyl (C=O) groups is 1. The van der Waals surface area contributed by atoms with Crippen molar-refractivity contribution in [3.8, 4) is 0 Å². The Labute approximate surface area is 129 Å². The van der Waals surface area contributed by atoms with E-state index in [1.165, 1.54) is 11.1 Å². The fourth-order valence-electron chi connectivity index (χ4n) is 1.75. The summed E-state index contributed by atoms with van der Waals surface area (Å²) in [5.74, 6) is 0. The molecule has 0 aliphatic heterocycles. The number of anilines is 1. The molecule has 0 spiro atoms. The Morgan fingerprint density at radius 2 is 2.27 bits per heavy atom. The van der Waals surface area contributed by atoms with Crippen molar-refractivity contribution >= 4 is 23.1 Å². The summed E-state index contributed by atoms with van der Waals surface area (Å²) >= 11 is 1.61. The summed E-state index contributed by atoms with van der Waals surface area (Å²) in [6, 6.07) is 3.54. The number of alkyl halides is 3. The van der Waals surface area contributed by atoms with Crippen LogP contribution >= 0.6 is 11.3 Å². The molecule has 2 aromatic rings. The number of urea groups is 1. The van der Waals surface area contributed by atoms with Gasteiger partial charge in [-0.1, -0.05) is 6.07 Å². The molecule has 0 saturated carbocycles. The molecule has 0 aliphatic carbocycles. The minimum atomic E-state index is -4.34. The lowest BCUT2D eigenvalue weighted by Crippen LogP contribution is -2.32. The number of hydrogen-bond donors (Lipinski definition) is 1. The SMILES string of the molecule is CN(CCc1cccs1)C(=O)Nc1cnn(CC(F)(F)F)c1. The second-order valence-corrected chi connectivity index (χ2v) is 5.76. The van der Waals surface area contributed by atoms with Gasteiger partial charge in [-0.15, -0.1) is 11.3 Å². The fourth-order valence-corrected chi connectivity index (χ4v) is 2.45. The largest absolute Gasteiger partial charge is 0.408 e. The van der Waals surface area contributed by atoms with Gasteiger partial charge in [0, 0.05) is 24.7 Å². The van der Waals surface area contributed by atoms with E-state index in [9.17, 15) is 18.0 Å². The van der Waals surface area contributed by atoms with Crippen molar-refractivity contribution in [2.24, 2.45) is 0 Å². The van der Waals surface area contributed by atoms with Crippen LogP contribution in [0.25, 0.3) is 0 Å². The third-order valence-corrected chi connectivity index (χ3v) is 3.78. The van der Waals surface area contributed by atoms with Crippen LogP contribution in [-0.4, -0.2) is 40.5 Å². The maximum absolute atomic E-state index is 12.2. The highest BCUT2D eigenvalue weighted by Crippen LogP contribution is 2.18. The molecule has 0 unspecified atom stereocenters. The zero-order valence-electron chi connectivity index (χ0n) is 11.8. The molecule has 2 heterocycles. The summed E-state index contributed by atoms with van der Waals surface area (Å²) in [5.41, 5.74) is 0.234. The molecule has 1 N–H and O–H groups in total. The van der Waals surface area contributed by atoms with Crippen molar-refractivity contribution in [2.45, 2.75) is 19.1 Å². The summed E-state index contributed by atoms with van der Waals surface area (Å²) in [4.78, 5) is 14.6. The third-order valence-electron chi connectivity index (χ3n) is 2.85. The first-order valence-electron chi connectivity index (χ1n) is 6.47. The number of likely N-dealkylation sites (N-methyl/N-ethyl adjacent to an activating group) is 1. The molecule has 0 bridgehead atoms. The summed E-state index contributed by atoms with van der Waals surface area (Å²) < 4.78 is 37.4. The smallest absolute Gasteiger partial charge is 0.327 e. The van der Waals surface area contributed by atoms with Gasteiger partial charge in [0.05, 0.1) is 11.9 Å². The van der Waals surface area contributed by atoms with Gasteiger partial charge in [-0.05, 0) is 17.9 Å². The van der Waals surface area contributed by atoms with E-state index in [1.54, 1.807) is 18.4 Å². The van der Waals surface area contributed by atoms with E-state index >= 15 is 0 Å². The second-order valence-electron chi connectivity index (χ2n) is 4.72. The van der Waals surface area contributed by atoms with E-state index in [1.807, 2.05) is 17.5 Å². The van der Waals surface area contributed by atoms with Crippen LogP contribution in [0.15, 0.2) is 29.9 Å². The molecule has 9 heteroatoms. The summed E-state index contributed by atoms with van der Waals surface area (Å²) in [6.45, 7) is -0.667. The van der Waals surface area contributed by atoms with Gasteiger partial charge in [0.1, 0.15) is 6.54 Å². The van der Waals surface area contributed by atoms with Crippen LogP contribution in [0.2, 0.25) is 0 Å². The normalized spacial score (nSPS) is 11.5. The number of carbonyl (C=O) groups excluding carboxylic acids is 1. The Kier molecular flexibility index (Phi) is 5.07. The summed E-state index contributed by atoms with van der Waals surface area (Å²) in [7, 11) is 1.63. The molecular formula is C13H15F3N4OS. The third kappa shape index (κ3) is 5.06. The van der Waals surface area contributed by atoms with Gasteiger partial charge in [0.25, 0.3) is 0 Å². The van der Waals surface area contributed by atoms with Crippen LogP contribution < -0.4 is 5.32 Å². The maximum Gasteiger partial charge on any atom is 0.408 e. The van der Waals surface area contributed by atoms with E-state index < -0.39 is 12.7 Å². The minimum absolute atomic E-state index is 0.234. The number of thiophene rings is 1. The van der Waals surface area contributed by atoms with Crippen LogP contribution in [0.5, 0.6) is 0 Å². The van der Waals surface area contributed by atoms with Gasteiger partial charge >= 0.3 is 12.2 Å². The molecule has 0 aliphatic rings. The lowest BCUT2D eigenvalue weighted by molar-refractivity contribution is -0.142. The number of nitrogens with one attached hydrogen (secondary N) is 1. The summed E-state index contributed by atoms with van der Waals surface area (Å²) in [5, 5.41) is 8.05. The van der Waals surface area contributed by atoms with Gasteiger partial charge in [0.15, 0.2) is 0 Å². The van der Waals surface area contributed by atoms with Crippen molar-refractivity contribution in [1.82, 2.24) is 14.7 Å². The highest BCUT2D eigenvalue weighted by molar-refractivity contribution is 7.09. The van der Waals surface area contributed by atoms with Gasteiger partial charge in [-0.3, -0.25) is 4.68 Å². The molecule has 0 fully saturated rings. The highest BCUT2D eigenvalue weighted by Gasteiger charge is 2.28. The number of nitrogens with zero attached hydrogens (tertiary/aromatic N) is 3. The molecule has 0 saturated heterocycles. The van der Waals surface area contributed by atoms with E-state index in [2.05, 4.69) is 10.4 Å². The molecule has 2 aromatic heterocycles. The molecule has 2 amide bonds. The monoisotopic (exact) mass is 332 g/mol. The second kappa shape index (κ2) is 6.82. The van der Waals surface area contributed by atoms with Crippen molar-refractivity contribution in [3.05, 3.63) is 34.8 Å². The molecular weight excluding hydrogens is 317 g/mol. The number of halogens is 3. The van der Waals surface area contributed by atoms with Crippen LogP contribution in [0.3, 0.4) is 0 Å². The van der Waals surface area contributed by atoms with Crippen LogP contribution in [0.1, 0.15) is 4.88 Å². The van der Waals surface area contributed by atoms with Crippen molar-refractivity contribution in [3.63, 3.8) is 0 Å². The van der Waals surface area contributed by atoms with Crippen molar-refractivity contribution in [2.75, 3.05) is 18.9 Å². The Bertz CT molecular complexity index is 609. The molecule has 0 radical (unpaired) electrons. The predicted molar refractivity (Wildman–Crippen MR) is 78.0 cm³/mol. The quantitative estimate of drug-likeness (QED) is 0.914. The zero-order valence-corrected chi connectivity index (χ0v) is 12.6. The minimum Gasteiger partial charge on any atom is -0.327 e. The Morgan fingerprint density at radius 1 is 1.50 bits per heavy atom. The first kappa shape index (κ1) is 16.3. The van der Waals surface area contributed by atoms with Crippen molar-refractivity contribution in [1.29, 1.82) is 0 Å². The van der Waals surface area contributed by atoms with Gasteiger partial charge in [0.2, 0.25) is 0 Å². The fraction of sp³-hybridized carbons (Fsp3) is 0.385. The predicted octanol–water partition coefficient (Wildman–Crippen LogP) is 3.21. The Balaban J connectivity index is 1.83. The molecule has 5 nitrogen and oxygen atoms in total. The standard InChI is InChI=1S/C13H15F3N4OS/c1-19(5-4-11-3-2-6-22-11)12(21)18-10-7-17-20(8-10)9-13(14,15)16/h2-3,6-8H,4-5,9H2,1H3,(H,18,21). The molecule has 0 atom stereocenters. The lowest BCUT2D eigenvalue weighted by Gasteiger charge is -2.16. The van der Waals surface area contributed by atoms with E-state index in [0.717, 1.165) is 22.2 Å². The van der Waals surface area contributed by atoms with Gasteiger partial charge < -0.3 is 10.2 Å². The molecule has 2 rings (SSSR count). The first-order valence-corrected chi connectivity index (χ1v) is 7.35. The van der Waals surface area contributed by atoms with E-state index in [4.69, 9.17) is 0 Å². The average molecular weight is 332 g/mol.